The van der Waals surface area contributed by atoms with Crippen molar-refractivity contribution >= 4 is 21.7 Å². The molecule has 2 saturated carbocycles. The molecule has 0 spiro atoms. The number of nitrogens with zero attached hydrogens (tertiary/aromatic N) is 1. The second-order valence-corrected chi connectivity index (χ2v) is 11.1. The van der Waals surface area contributed by atoms with Crippen molar-refractivity contribution in [2.75, 3.05) is 6.26 Å². The minimum atomic E-state index is -3.32. The van der Waals surface area contributed by atoms with Crippen LogP contribution in [-0.2, 0) is 25.8 Å². The molecule has 1 heterocycles. The fourth-order valence-electron chi connectivity index (χ4n) is 4.59. The minimum Gasteiger partial charge on any atom is -0.360 e. The highest BCUT2D eigenvalue weighted by Crippen LogP contribution is 2.45. The SMILES string of the molecule is CS(=O)(=O)Cc1cc(C(=O)N[C@@H]2CC[C@H](NC(=O)C3(c4cc(F)ccc4F)CCC3)C2)no1. The Labute approximate surface area is 190 Å². The van der Waals surface area contributed by atoms with Gasteiger partial charge in [0.2, 0.25) is 5.91 Å². The van der Waals surface area contributed by atoms with E-state index in [1.165, 1.54) is 6.07 Å². The van der Waals surface area contributed by atoms with Gasteiger partial charge in [-0.25, -0.2) is 17.2 Å². The topological polar surface area (TPSA) is 118 Å². The van der Waals surface area contributed by atoms with E-state index in [9.17, 15) is 26.8 Å². The monoisotopic (exact) mass is 481 g/mol. The number of rotatable bonds is 7. The molecule has 0 saturated heterocycles. The number of hydrogen-bond acceptors (Lipinski definition) is 6. The molecule has 4 rings (SSSR count). The van der Waals surface area contributed by atoms with Gasteiger partial charge in [0, 0.05) is 30.0 Å². The van der Waals surface area contributed by atoms with Crippen molar-refractivity contribution in [1.82, 2.24) is 15.8 Å². The summed E-state index contributed by atoms with van der Waals surface area (Å²) < 4.78 is 55.7. The summed E-state index contributed by atoms with van der Waals surface area (Å²) in [6, 6.07) is 4.04. The van der Waals surface area contributed by atoms with E-state index in [0.717, 1.165) is 30.9 Å². The van der Waals surface area contributed by atoms with E-state index < -0.39 is 32.8 Å². The summed E-state index contributed by atoms with van der Waals surface area (Å²) >= 11 is 0. The van der Waals surface area contributed by atoms with Gasteiger partial charge in [-0.2, -0.15) is 0 Å². The number of benzene rings is 1. The predicted molar refractivity (Wildman–Crippen MR) is 114 cm³/mol. The lowest BCUT2D eigenvalue weighted by Crippen LogP contribution is -2.52. The Hall–Kier alpha value is -2.82. The molecule has 178 valence electrons. The van der Waals surface area contributed by atoms with Crippen molar-refractivity contribution in [3.8, 4) is 0 Å². The molecular weight excluding hydrogens is 456 g/mol. The maximum Gasteiger partial charge on any atom is 0.273 e. The number of hydrogen-bond donors (Lipinski definition) is 2. The van der Waals surface area contributed by atoms with Crippen molar-refractivity contribution in [3.05, 3.63) is 52.9 Å². The van der Waals surface area contributed by atoms with Crippen LogP contribution in [0.4, 0.5) is 8.78 Å². The Bertz CT molecular complexity index is 1180. The van der Waals surface area contributed by atoms with Gasteiger partial charge in [-0.05, 0) is 50.3 Å². The lowest BCUT2D eigenvalue weighted by Gasteiger charge is -2.41. The average molecular weight is 482 g/mol. The number of nitrogens with one attached hydrogen (secondary N) is 2. The predicted octanol–water partition coefficient (Wildman–Crippen LogP) is 2.39. The molecule has 0 unspecified atom stereocenters. The first-order chi connectivity index (χ1) is 15.6. The number of carbonyl (C=O) groups is 2. The van der Waals surface area contributed by atoms with Crippen LogP contribution in [0.3, 0.4) is 0 Å². The summed E-state index contributed by atoms with van der Waals surface area (Å²) in [6.45, 7) is 0. The molecule has 2 fully saturated rings. The Kier molecular flexibility index (Phi) is 6.26. The van der Waals surface area contributed by atoms with Gasteiger partial charge in [-0.15, -0.1) is 0 Å². The smallest absolute Gasteiger partial charge is 0.273 e. The maximum absolute atomic E-state index is 14.4. The Morgan fingerprint density at radius 3 is 2.48 bits per heavy atom. The lowest BCUT2D eigenvalue weighted by atomic mass is 9.63. The summed E-state index contributed by atoms with van der Waals surface area (Å²) in [5.74, 6) is -2.26. The van der Waals surface area contributed by atoms with E-state index >= 15 is 0 Å². The second-order valence-electron chi connectivity index (χ2n) is 8.96. The van der Waals surface area contributed by atoms with Gasteiger partial charge in [0.15, 0.2) is 21.3 Å². The Balaban J connectivity index is 1.35. The number of halogens is 2. The summed E-state index contributed by atoms with van der Waals surface area (Å²) in [7, 11) is -3.32. The Morgan fingerprint density at radius 2 is 1.85 bits per heavy atom. The molecule has 2 aliphatic carbocycles. The first kappa shape index (κ1) is 23.3. The summed E-state index contributed by atoms with van der Waals surface area (Å²) in [5.41, 5.74) is -0.995. The van der Waals surface area contributed by atoms with E-state index in [1.807, 2.05) is 0 Å². The van der Waals surface area contributed by atoms with Gasteiger partial charge < -0.3 is 15.2 Å². The van der Waals surface area contributed by atoms with Crippen molar-refractivity contribution < 1.29 is 31.3 Å². The summed E-state index contributed by atoms with van der Waals surface area (Å²) in [6.07, 6.45) is 4.43. The minimum absolute atomic E-state index is 0.0175. The zero-order valence-electron chi connectivity index (χ0n) is 18.1. The highest BCUT2D eigenvalue weighted by atomic mass is 32.2. The van der Waals surface area contributed by atoms with Crippen LogP contribution >= 0.6 is 0 Å². The van der Waals surface area contributed by atoms with E-state index in [-0.39, 0.29) is 40.8 Å². The largest absolute Gasteiger partial charge is 0.360 e. The third-order valence-corrected chi connectivity index (χ3v) is 7.19. The quantitative estimate of drug-likeness (QED) is 0.627. The maximum atomic E-state index is 14.4. The van der Waals surface area contributed by atoms with Crippen molar-refractivity contribution in [2.24, 2.45) is 0 Å². The molecule has 33 heavy (non-hydrogen) atoms. The molecule has 8 nitrogen and oxygen atoms in total. The van der Waals surface area contributed by atoms with Crippen LogP contribution < -0.4 is 10.6 Å². The van der Waals surface area contributed by atoms with Crippen LogP contribution in [0.1, 0.15) is 60.3 Å². The van der Waals surface area contributed by atoms with Gasteiger partial charge in [-0.3, -0.25) is 9.59 Å². The summed E-state index contributed by atoms with van der Waals surface area (Å²) in [5, 5.41) is 9.40. The van der Waals surface area contributed by atoms with Gasteiger partial charge in [0.1, 0.15) is 17.4 Å². The molecule has 0 bridgehead atoms. The van der Waals surface area contributed by atoms with E-state index in [0.29, 0.717) is 32.1 Å². The molecule has 0 radical (unpaired) electrons. The number of amides is 2. The van der Waals surface area contributed by atoms with E-state index in [1.54, 1.807) is 0 Å². The third-order valence-electron chi connectivity index (χ3n) is 6.38. The van der Waals surface area contributed by atoms with Crippen LogP contribution in [-0.4, -0.2) is 43.7 Å². The number of carbonyl (C=O) groups excluding carboxylic acids is 2. The van der Waals surface area contributed by atoms with Crippen LogP contribution in [0.25, 0.3) is 0 Å². The molecule has 1 aromatic carbocycles. The zero-order chi connectivity index (χ0) is 23.8. The second kappa shape index (κ2) is 8.85. The van der Waals surface area contributed by atoms with Gasteiger partial charge in [0.25, 0.3) is 5.91 Å². The number of sulfone groups is 1. The molecule has 11 heteroatoms. The molecular formula is C22H25F2N3O5S. The first-order valence-electron chi connectivity index (χ1n) is 10.8. The van der Waals surface area contributed by atoms with Gasteiger partial charge >= 0.3 is 0 Å². The van der Waals surface area contributed by atoms with Crippen molar-refractivity contribution in [3.63, 3.8) is 0 Å². The molecule has 2 N–H and O–H groups in total. The molecule has 2 aliphatic rings. The molecule has 2 aromatic rings. The van der Waals surface area contributed by atoms with Crippen molar-refractivity contribution in [2.45, 2.75) is 61.8 Å². The zero-order valence-corrected chi connectivity index (χ0v) is 18.9. The molecule has 0 aliphatic heterocycles. The molecule has 2 amide bonds. The van der Waals surface area contributed by atoms with Gasteiger partial charge in [-0.1, -0.05) is 11.6 Å². The number of aromatic nitrogens is 1. The highest BCUT2D eigenvalue weighted by molar-refractivity contribution is 7.89. The van der Waals surface area contributed by atoms with E-state index in [2.05, 4.69) is 15.8 Å². The normalized spacial score (nSPS) is 21.9. The lowest BCUT2D eigenvalue weighted by molar-refractivity contribution is -0.130. The van der Waals surface area contributed by atoms with Crippen molar-refractivity contribution in [1.29, 1.82) is 0 Å². The van der Waals surface area contributed by atoms with Gasteiger partial charge in [0.05, 0.1) is 5.41 Å². The fourth-order valence-corrected chi connectivity index (χ4v) is 5.24. The van der Waals surface area contributed by atoms with Crippen LogP contribution in [0.2, 0.25) is 0 Å². The standard InChI is InChI=1S/C22H25F2N3O5S/c1-33(30,31)12-16-11-19(27-32-16)20(28)25-14-4-5-15(10-14)26-21(29)22(7-2-8-22)17-9-13(23)3-6-18(17)24/h3,6,9,11,14-15H,2,4-5,7-8,10,12H2,1H3,(H,25,28)(H,26,29)/t14-,15+/m1/s1. The first-order valence-corrected chi connectivity index (χ1v) is 12.8. The van der Waals surface area contributed by atoms with Crippen LogP contribution in [0.5, 0.6) is 0 Å². The average Bonchev–Trinajstić information content (AvgIpc) is 3.32. The fraction of sp³-hybridized carbons (Fsp3) is 0.500. The molecule has 1 aromatic heterocycles. The molecule has 2 atom stereocenters. The Morgan fingerprint density at radius 1 is 1.15 bits per heavy atom. The van der Waals surface area contributed by atoms with Crippen LogP contribution in [0.15, 0.2) is 28.8 Å². The third kappa shape index (κ3) is 5.07. The van der Waals surface area contributed by atoms with Crippen LogP contribution in [0, 0.1) is 11.6 Å². The highest BCUT2D eigenvalue weighted by Gasteiger charge is 2.48. The summed E-state index contributed by atoms with van der Waals surface area (Å²) in [4.78, 5) is 25.5. The van der Waals surface area contributed by atoms with E-state index in [4.69, 9.17) is 4.52 Å².